The van der Waals surface area contributed by atoms with E-state index in [0.717, 1.165) is 16.5 Å². The van der Waals surface area contributed by atoms with E-state index in [1.165, 1.54) is 0 Å². The molecule has 2 amide bonds. The number of para-hydroxylation sites is 1. The number of hydrogen-bond donors (Lipinski definition) is 1. The van der Waals surface area contributed by atoms with Gasteiger partial charge in [0.1, 0.15) is 0 Å². The normalized spacial score (nSPS) is 14.8. The molecule has 2 aromatic rings. The molecular formula is C23H29N5O3. The smallest absolute Gasteiger partial charge is 0.246 e. The highest BCUT2D eigenvalue weighted by Crippen LogP contribution is 2.23. The second kappa shape index (κ2) is 11.3. The quantitative estimate of drug-likeness (QED) is 0.487. The van der Waals surface area contributed by atoms with Crippen molar-refractivity contribution in [3.8, 4) is 6.07 Å². The van der Waals surface area contributed by atoms with Crippen LogP contribution in [-0.2, 0) is 20.9 Å². The van der Waals surface area contributed by atoms with Crippen molar-refractivity contribution in [1.82, 2.24) is 19.7 Å². The standard InChI is InChI=1S/C23H29N5O3/c1-31-16-10-25-22(29)18-26-12-14-27(15-13-26)23(30)8-7-19-17-28(11-4-9-24)21-6-3-2-5-20(19)21/h2-3,5-8,17H,4,10-16,18H2,1H3,(H,25,29). The average Bonchev–Trinajstić information content (AvgIpc) is 3.14. The lowest BCUT2D eigenvalue weighted by Gasteiger charge is -2.33. The highest BCUT2D eigenvalue weighted by atomic mass is 16.5. The lowest BCUT2D eigenvalue weighted by molar-refractivity contribution is -0.128. The summed E-state index contributed by atoms with van der Waals surface area (Å²) in [4.78, 5) is 28.4. The number of aryl methyl sites for hydroxylation is 1. The van der Waals surface area contributed by atoms with Crippen LogP contribution in [0, 0.1) is 11.3 Å². The molecule has 8 heteroatoms. The predicted octanol–water partition coefficient (Wildman–Crippen LogP) is 1.47. The number of fused-ring (bicyclic) bond motifs is 1. The molecule has 0 unspecified atom stereocenters. The fraction of sp³-hybridized carbons (Fsp3) is 0.435. The molecule has 1 aliphatic rings. The molecule has 0 atom stereocenters. The second-order valence-electron chi connectivity index (χ2n) is 7.48. The Labute approximate surface area is 182 Å². The number of carbonyl (C=O) groups excluding carboxylic acids is 2. The predicted molar refractivity (Wildman–Crippen MR) is 119 cm³/mol. The van der Waals surface area contributed by atoms with Gasteiger partial charge in [0.2, 0.25) is 11.8 Å². The molecular weight excluding hydrogens is 394 g/mol. The fourth-order valence-electron chi connectivity index (χ4n) is 3.71. The Bertz CT molecular complexity index is 967. The van der Waals surface area contributed by atoms with Gasteiger partial charge in [0, 0.05) is 75.1 Å². The molecule has 164 valence electrons. The van der Waals surface area contributed by atoms with E-state index in [-0.39, 0.29) is 11.8 Å². The molecule has 0 bridgehead atoms. The van der Waals surface area contributed by atoms with Gasteiger partial charge in [0.05, 0.1) is 25.6 Å². The zero-order chi connectivity index (χ0) is 22.1. The van der Waals surface area contributed by atoms with Gasteiger partial charge in [-0.05, 0) is 12.1 Å². The number of carbonyl (C=O) groups is 2. The van der Waals surface area contributed by atoms with Crippen molar-refractivity contribution in [2.24, 2.45) is 0 Å². The number of methoxy groups -OCH3 is 1. The minimum absolute atomic E-state index is 0.0236. The van der Waals surface area contributed by atoms with Crippen LogP contribution in [0.25, 0.3) is 17.0 Å². The SMILES string of the molecule is COCCNC(=O)CN1CCN(C(=O)C=Cc2cn(CCC#N)c3ccccc23)CC1. The summed E-state index contributed by atoms with van der Waals surface area (Å²) in [5.41, 5.74) is 2.02. The highest BCUT2D eigenvalue weighted by Gasteiger charge is 2.21. The van der Waals surface area contributed by atoms with Crippen molar-refractivity contribution in [3.05, 3.63) is 42.1 Å². The lowest BCUT2D eigenvalue weighted by Crippen LogP contribution is -2.51. The summed E-state index contributed by atoms with van der Waals surface area (Å²) in [5, 5.41) is 12.8. The van der Waals surface area contributed by atoms with E-state index >= 15 is 0 Å². The third-order valence-electron chi connectivity index (χ3n) is 5.37. The molecule has 8 nitrogen and oxygen atoms in total. The molecule has 0 radical (unpaired) electrons. The van der Waals surface area contributed by atoms with Crippen molar-refractivity contribution >= 4 is 28.8 Å². The summed E-state index contributed by atoms with van der Waals surface area (Å²) in [7, 11) is 1.60. The number of nitrogens with one attached hydrogen (secondary N) is 1. The van der Waals surface area contributed by atoms with Gasteiger partial charge in [0.15, 0.2) is 0 Å². The summed E-state index contributed by atoms with van der Waals surface area (Å²) in [5.74, 6) is -0.0532. The number of rotatable bonds is 9. The first-order valence-corrected chi connectivity index (χ1v) is 10.5. The second-order valence-corrected chi connectivity index (χ2v) is 7.48. The van der Waals surface area contributed by atoms with E-state index in [4.69, 9.17) is 10.00 Å². The van der Waals surface area contributed by atoms with Crippen molar-refractivity contribution in [2.75, 3.05) is 53.0 Å². The molecule has 2 heterocycles. The van der Waals surface area contributed by atoms with Crippen LogP contribution in [0.15, 0.2) is 36.5 Å². The summed E-state index contributed by atoms with van der Waals surface area (Å²) in [6.07, 6.45) is 5.90. The molecule has 1 aromatic carbocycles. The minimum Gasteiger partial charge on any atom is -0.383 e. The Morgan fingerprint density at radius 3 is 2.74 bits per heavy atom. The number of ether oxygens (including phenoxy) is 1. The van der Waals surface area contributed by atoms with Gasteiger partial charge in [-0.25, -0.2) is 0 Å². The monoisotopic (exact) mass is 423 g/mol. The number of nitrogens with zero attached hydrogens (tertiary/aromatic N) is 4. The van der Waals surface area contributed by atoms with E-state index in [1.54, 1.807) is 13.2 Å². The lowest BCUT2D eigenvalue weighted by atomic mass is 10.1. The molecule has 0 aliphatic carbocycles. The molecule has 1 N–H and O–H groups in total. The highest BCUT2D eigenvalue weighted by molar-refractivity contribution is 5.96. The zero-order valence-corrected chi connectivity index (χ0v) is 17.9. The van der Waals surface area contributed by atoms with Gasteiger partial charge in [-0.15, -0.1) is 0 Å². The maximum absolute atomic E-state index is 12.7. The van der Waals surface area contributed by atoms with Crippen molar-refractivity contribution in [3.63, 3.8) is 0 Å². The first-order valence-electron chi connectivity index (χ1n) is 10.5. The van der Waals surface area contributed by atoms with Gasteiger partial charge in [0.25, 0.3) is 0 Å². The van der Waals surface area contributed by atoms with Gasteiger partial charge in [-0.2, -0.15) is 5.26 Å². The van der Waals surface area contributed by atoms with Crippen LogP contribution in [0.1, 0.15) is 12.0 Å². The number of aromatic nitrogens is 1. The third-order valence-corrected chi connectivity index (χ3v) is 5.37. The van der Waals surface area contributed by atoms with Crippen molar-refractivity contribution in [2.45, 2.75) is 13.0 Å². The first-order chi connectivity index (χ1) is 15.1. The van der Waals surface area contributed by atoms with E-state index in [0.29, 0.717) is 58.8 Å². The van der Waals surface area contributed by atoms with Crippen LogP contribution in [0.4, 0.5) is 0 Å². The molecule has 1 aliphatic heterocycles. The maximum Gasteiger partial charge on any atom is 0.246 e. The molecule has 1 fully saturated rings. The maximum atomic E-state index is 12.7. The van der Waals surface area contributed by atoms with Crippen LogP contribution in [0.2, 0.25) is 0 Å². The van der Waals surface area contributed by atoms with Crippen LogP contribution in [0.3, 0.4) is 0 Å². The topological polar surface area (TPSA) is 90.6 Å². The van der Waals surface area contributed by atoms with Crippen LogP contribution in [0.5, 0.6) is 0 Å². The molecule has 3 rings (SSSR count). The number of piperazine rings is 1. The number of benzene rings is 1. The van der Waals surface area contributed by atoms with Crippen molar-refractivity contribution < 1.29 is 14.3 Å². The van der Waals surface area contributed by atoms with Gasteiger partial charge in [-0.3, -0.25) is 14.5 Å². The Hall–Kier alpha value is -3.15. The molecule has 0 spiro atoms. The summed E-state index contributed by atoms with van der Waals surface area (Å²) in [6.45, 7) is 4.50. The van der Waals surface area contributed by atoms with Crippen LogP contribution < -0.4 is 5.32 Å². The summed E-state index contributed by atoms with van der Waals surface area (Å²) >= 11 is 0. The Morgan fingerprint density at radius 2 is 2.00 bits per heavy atom. The molecule has 1 saturated heterocycles. The Balaban J connectivity index is 1.54. The summed E-state index contributed by atoms with van der Waals surface area (Å²) in [6, 6.07) is 10.2. The van der Waals surface area contributed by atoms with Crippen LogP contribution in [-0.4, -0.2) is 79.2 Å². The molecule has 0 saturated carbocycles. The Morgan fingerprint density at radius 1 is 1.23 bits per heavy atom. The minimum atomic E-state index is -0.0296. The Kier molecular flexibility index (Phi) is 8.21. The number of nitriles is 1. The number of amides is 2. The molecule has 31 heavy (non-hydrogen) atoms. The van der Waals surface area contributed by atoms with E-state index in [2.05, 4.69) is 20.9 Å². The fourth-order valence-corrected chi connectivity index (χ4v) is 3.71. The zero-order valence-electron chi connectivity index (χ0n) is 17.9. The largest absolute Gasteiger partial charge is 0.383 e. The van der Waals surface area contributed by atoms with E-state index in [9.17, 15) is 9.59 Å². The average molecular weight is 424 g/mol. The van der Waals surface area contributed by atoms with Crippen LogP contribution >= 0.6 is 0 Å². The van der Waals surface area contributed by atoms with Gasteiger partial charge < -0.3 is 19.5 Å². The first kappa shape index (κ1) is 22.5. The van der Waals surface area contributed by atoms with Gasteiger partial charge in [-0.1, -0.05) is 18.2 Å². The van der Waals surface area contributed by atoms with E-state index in [1.807, 2.05) is 41.4 Å². The molecule has 1 aromatic heterocycles. The summed E-state index contributed by atoms with van der Waals surface area (Å²) < 4.78 is 6.98. The van der Waals surface area contributed by atoms with Crippen molar-refractivity contribution in [1.29, 1.82) is 5.26 Å². The van der Waals surface area contributed by atoms with Gasteiger partial charge >= 0.3 is 0 Å². The number of hydrogen-bond acceptors (Lipinski definition) is 5. The van der Waals surface area contributed by atoms with E-state index < -0.39 is 0 Å². The third kappa shape index (κ3) is 6.17.